The highest BCUT2D eigenvalue weighted by Gasteiger charge is 2.23. The fourth-order valence-electron chi connectivity index (χ4n) is 3.68. The summed E-state index contributed by atoms with van der Waals surface area (Å²) in [5.74, 6) is 0. The van der Waals surface area contributed by atoms with Gasteiger partial charge in [0.1, 0.15) is 0 Å². The van der Waals surface area contributed by atoms with Crippen molar-refractivity contribution in [2.45, 2.75) is 75.9 Å². The monoisotopic (exact) mass is 415 g/mol. The molecule has 0 bridgehead atoms. The highest BCUT2D eigenvalue weighted by Crippen LogP contribution is 2.30. The van der Waals surface area contributed by atoms with Gasteiger partial charge in [0.25, 0.3) is 0 Å². The van der Waals surface area contributed by atoms with E-state index in [0.717, 1.165) is 29.8 Å². The molecule has 158 valence electrons. The lowest BCUT2D eigenvalue weighted by Gasteiger charge is -2.26. The van der Waals surface area contributed by atoms with Crippen LogP contribution in [-0.2, 0) is 16.6 Å². The largest absolute Gasteiger partial charge is 0.381 e. The molecule has 2 aromatic carbocycles. The molecule has 1 aliphatic carbocycles. The van der Waals surface area contributed by atoms with Gasteiger partial charge in [0, 0.05) is 18.1 Å². The van der Waals surface area contributed by atoms with Crippen LogP contribution in [0.15, 0.2) is 53.4 Å². The lowest BCUT2D eigenvalue weighted by atomic mass is 9.95. The standard InChI is InChI=1S/C23H33N3O2S/c1-23(2,3)26-29(27,28)20-14-15-21(25-19-12-8-5-9-13-19)22(16-20)24-17-18-10-6-4-7-11-18/h4,6-7,10-11,14-16,19,24-26H,5,8-9,12-13,17H2,1-3H3. The van der Waals surface area contributed by atoms with Gasteiger partial charge >= 0.3 is 0 Å². The Morgan fingerprint density at radius 3 is 2.28 bits per heavy atom. The minimum Gasteiger partial charge on any atom is -0.381 e. The molecule has 0 amide bonds. The third kappa shape index (κ3) is 6.47. The van der Waals surface area contributed by atoms with Crippen LogP contribution in [0, 0.1) is 0 Å². The molecule has 29 heavy (non-hydrogen) atoms. The normalized spacial score (nSPS) is 15.8. The Hall–Kier alpha value is -2.05. The molecule has 0 heterocycles. The number of nitrogens with one attached hydrogen (secondary N) is 3. The highest BCUT2D eigenvalue weighted by atomic mass is 32.2. The van der Waals surface area contributed by atoms with E-state index < -0.39 is 15.6 Å². The van der Waals surface area contributed by atoms with Gasteiger partial charge in [-0.2, -0.15) is 0 Å². The van der Waals surface area contributed by atoms with Crippen LogP contribution in [0.3, 0.4) is 0 Å². The third-order valence-corrected chi connectivity index (χ3v) is 6.79. The summed E-state index contributed by atoms with van der Waals surface area (Å²) in [6.07, 6.45) is 6.10. The second-order valence-electron chi connectivity index (χ2n) is 8.88. The van der Waals surface area contributed by atoms with E-state index in [1.54, 1.807) is 12.1 Å². The van der Waals surface area contributed by atoms with Crippen LogP contribution in [0.4, 0.5) is 11.4 Å². The Bertz CT molecular complexity index is 899. The second-order valence-corrected chi connectivity index (χ2v) is 10.6. The lowest BCUT2D eigenvalue weighted by Crippen LogP contribution is -2.40. The average molecular weight is 416 g/mol. The molecule has 0 aliphatic heterocycles. The van der Waals surface area contributed by atoms with Crippen molar-refractivity contribution < 1.29 is 8.42 Å². The zero-order valence-electron chi connectivity index (χ0n) is 17.7. The minimum absolute atomic E-state index is 0.275. The fraction of sp³-hybridized carbons (Fsp3) is 0.478. The van der Waals surface area contributed by atoms with Crippen LogP contribution in [0.5, 0.6) is 0 Å². The van der Waals surface area contributed by atoms with Gasteiger partial charge in [-0.25, -0.2) is 13.1 Å². The van der Waals surface area contributed by atoms with Gasteiger partial charge in [-0.15, -0.1) is 0 Å². The first-order valence-corrected chi connectivity index (χ1v) is 11.9. The molecular formula is C23H33N3O2S. The number of anilines is 2. The van der Waals surface area contributed by atoms with Crippen molar-refractivity contribution in [3.05, 3.63) is 54.1 Å². The van der Waals surface area contributed by atoms with Gasteiger partial charge in [0.2, 0.25) is 10.0 Å². The van der Waals surface area contributed by atoms with Crippen molar-refractivity contribution in [3.8, 4) is 0 Å². The molecular weight excluding hydrogens is 382 g/mol. The smallest absolute Gasteiger partial charge is 0.241 e. The van der Waals surface area contributed by atoms with Crippen molar-refractivity contribution in [3.63, 3.8) is 0 Å². The van der Waals surface area contributed by atoms with Crippen LogP contribution >= 0.6 is 0 Å². The summed E-state index contributed by atoms with van der Waals surface area (Å²) >= 11 is 0. The first-order chi connectivity index (χ1) is 13.7. The summed E-state index contributed by atoms with van der Waals surface area (Å²) < 4.78 is 28.4. The van der Waals surface area contributed by atoms with Gasteiger partial charge in [-0.3, -0.25) is 0 Å². The van der Waals surface area contributed by atoms with E-state index in [0.29, 0.717) is 12.6 Å². The maximum Gasteiger partial charge on any atom is 0.241 e. The zero-order chi connectivity index (χ0) is 20.9. The maximum absolute atomic E-state index is 12.8. The maximum atomic E-state index is 12.8. The quantitative estimate of drug-likeness (QED) is 0.587. The van der Waals surface area contributed by atoms with Gasteiger partial charge in [0.05, 0.1) is 16.3 Å². The van der Waals surface area contributed by atoms with E-state index in [4.69, 9.17) is 0 Å². The fourth-order valence-corrected chi connectivity index (χ4v) is 5.13. The van der Waals surface area contributed by atoms with Crippen LogP contribution < -0.4 is 15.4 Å². The Balaban J connectivity index is 1.86. The molecule has 0 atom stereocenters. The highest BCUT2D eigenvalue weighted by molar-refractivity contribution is 7.89. The van der Waals surface area contributed by atoms with E-state index >= 15 is 0 Å². The van der Waals surface area contributed by atoms with E-state index in [1.807, 2.05) is 45.0 Å². The van der Waals surface area contributed by atoms with E-state index in [-0.39, 0.29) is 4.90 Å². The first kappa shape index (κ1) is 21.7. The molecule has 0 radical (unpaired) electrons. The number of benzene rings is 2. The van der Waals surface area contributed by atoms with Crippen LogP contribution in [0.2, 0.25) is 0 Å². The topological polar surface area (TPSA) is 70.2 Å². The summed E-state index contributed by atoms with van der Waals surface area (Å²) in [6, 6.07) is 15.9. The van der Waals surface area contributed by atoms with Crippen LogP contribution in [-0.4, -0.2) is 20.0 Å². The summed E-state index contributed by atoms with van der Waals surface area (Å²) in [6.45, 7) is 6.17. The van der Waals surface area contributed by atoms with Crippen LogP contribution in [0.25, 0.3) is 0 Å². The molecule has 0 saturated heterocycles. The van der Waals surface area contributed by atoms with Gasteiger partial charge in [-0.1, -0.05) is 49.6 Å². The molecule has 0 unspecified atom stereocenters. The number of sulfonamides is 1. The molecule has 3 rings (SSSR count). The second kappa shape index (κ2) is 9.18. The molecule has 3 N–H and O–H groups in total. The molecule has 6 heteroatoms. The first-order valence-electron chi connectivity index (χ1n) is 10.5. The SMILES string of the molecule is CC(C)(C)NS(=O)(=O)c1ccc(NC2CCCCC2)c(NCc2ccccc2)c1. The predicted molar refractivity (Wildman–Crippen MR) is 121 cm³/mol. The zero-order valence-corrected chi connectivity index (χ0v) is 18.5. The van der Waals surface area contributed by atoms with Crippen molar-refractivity contribution in [1.29, 1.82) is 0 Å². The average Bonchev–Trinajstić information content (AvgIpc) is 2.67. The molecule has 1 fully saturated rings. The number of hydrogen-bond acceptors (Lipinski definition) is 4. The molecule has 1 aliphatic rings. The Morgan fingerprint density at radius 2 is 1.62 bits per heavy atom. The Labute approximate surface area is 175 Å². The van der Waals surface area contributed by atoms with Crippen molar-refractivity contribution >= 4 is 21.4 Å². The third-order valence-electron chi connectivity index (χ3n) is 5.03. The van der Waals surface area contributed by atoms with E-state index in [2.05, 4.69) is 27.5 Å². The van der Waals surface area contributed by atoms with Gasteiger partial charge < -0.3 is 10.6 Å². The predicted octanol–water partition coefficient (Wildman–Crippen LogP) is 5.12. The summed E-state index contributed by atoms with van der Waals surface area (Å²) in [5.41, 5.74) is 2.39. The summed E-state index contributed by atoms with van der Waals surface area (Å²) in [4.78, 5) is 0.275. The molecule has 2 aromatic rings. The number of rotatable bonds is 7. The van der Waals surface area contributed by atoms with E-state index in [1.165, 1.54) is 19.3 Å². The van der Waals surface area contributed by atoms with Crippen LogP contribution in [0.1, 0.15) is 58.4 Å². The molecule has 0 aromatic heterocycles. The minimum atomic E-state index is -3.59. The Kier molecular flexibility index (Phi) is 6.85. The van der Waals surface area contributed by atoms with Gasteiger partial charge in [-0.05, 0) is 57.4 Å². The number of hydrogen-bond donors (Lipinski definition) is 3. The summed E-state index contributed by atoms with van der Waals surface area (Å²) in [5, 5.41) is 7.07. The molecule has 1 saturated carbocycles. The van der Waals surface area contributed by atoms with Crippen molar-refractivity contribution in [2.75, 3.05) is 10.6 Å². The Morgan fingerprint density at radius 1 is 0.931 bits per heavy atom. The van der Waals surface area contributed by atoms with E-state index in [9.17, 15) is 8.42 Å². The van der Waals surface area contributed by atoms with Crippen molar-refractivity contribution in [1.82, 2.24) is 4.72 Å². The van der Waals surface area contributed by atoms with Crippen molar-refractivity contribution in [2.24, 2.45) is 0 Å². The summed E-state index contributed by atoms with van der Waals surface area (Å²) in [7, 11) is -3.59. The molecule has 5 nitrogen and oxygen atoms in total. The lowest BCUT2D eigenvalue weighted by molar-refractivity contribution is 0.463. The molecule has 0 spiro atoms. The van der Waals surface area contributed by atoms with Gasteiger partial charge in [0.15, 0.2) is 0 Å².